The fourth-order valence-electron chi connectivity index (χ4n) is 2.69. The maximum absolute atomic E-state index is 12.1. The van der Waals surface area contributed by atoms with Crippen molar-refractivity contribution in [2.75, 3.05) is 42.9 Å². The molecule has 0 saturated carbocycles. The van der Waals surface area contributed by atoms with E-state index in [0.29, 0.717) is 12.4 Å². The van der Waals surface area contributed by atoms with E-state index in [1.807, 2.05) is 30.3 Å². The number of carbonyl (C=O) groups excluding carboxylic acids is 1. The molecule has 1 aromatic heterocycles. The third-order valence-corrected chi connectivity index (χ3v) is 4.72. The smallest absolute Gasteiger partial charge is 0.239 e. The summed E-state index contributed by atoms with van der Waals surface area (Å²) in [5, 5.41) is 3.59. The van der Waals surface area contributed by atoms with Gasteiger partial charge in [0.15, 0.2) is 0 Å². The van der Waals surface area contributed by atoms with Crippen molar-refractivity contribution in [2.24, 2.45) is 0 Å². The van der Waals surface area contributed by atoms with Crippen molar-refractivity contribution in [2.45, 2.75) is 0 Å². The summed E-state index contributed by atoms with van der Waals surface area (Å²) >= 11 is 9.57. The summed E-state index contributed by atoms with van der Waals surface area (Å²) in [6, 6.07) is 11.5. The summed E-state index contributed by atoms with van der Waals surface area (Å²) in [4.78, 5) is 20.7. The number of anilines is 2. The number of benzene rings is 1. The molecule has 1 aliphatic rings. The second-order valence-corrected chi connectivity index (χ2v) is 6.95. The highest BCUT2D eigenvalue weighted by atomic mass is 79.9. The Morgan fingerprint density at radius 1 is 1.17 bits per heavy atom. The second kappa shape index (κ2) is 7.96. The first-order valence-corrected chi connectivity index (χ1v) is 8.92. The van der Waals surface area contributed by atoms with Gasteiger partial charge in [0.05, 0.1) is 17.3 Å². The molecule has 2 aromatic rings. The number of para-hydroxylation sites is 1. The fourth-order valence-corrected chi connectivity index (χ4v) is 3.18. The molecule has 1 saturated heterocycles. The number of halogens is 2. The standard InChI is InChI=1S/C17H18BrClN4O/c18-13-5-6-16(20-11-13)21-17(24)12-22-7-9-23(10-8-22)15-4-2-1-3-14(15)19/h1-6,11H,7-10,12H2,(H,20,21,24). The quantitative estimate of drug-likeness (QED) is 0.842. The lowest BCUT2D eigenvalue weighted by Crippen LogP contribution is -2.48. The third kappa shape index (κ3) is 4.47. The number of pyridine rings is 1. The van der Waals surface area contributed by atoms with Gasteiger partial charge in [-0.15, -0.1) is 0 Å². The zero-order valence-corrected chi connectivity index (χ0v) is 15.4. The van der Waals surface area contributed by atoms with Crippen molar-refractivity contribution in [1.29, 1.82) is 0 Å². The summed E-state index contributed by atoms with van der Waals surface area (Å²) in [6.45, 7) is 3.73. The number of nitrogens with zero attached hydrogens (tertiary/aromatic N) is 3. The zero-order chi connectivity index (χ0) is 16.9. The lowest BCUT2D eigenvalue weighted by atomic mass is 10.2. The number of carbonyl (C=O) groups is 1. The molecule has 3 rings (SSSR count). The highest BCUT2D eigenvalue weighted by Gasteiger charge is 2.20. The first-order valence-electron chi connectivity index (χ1n) is 7.75. The van der Waals surface area contributed by atoms with Gasteiger partial charge >= 0.3 is 0 Å². The van der Waals surface area contributed by atoms with E-state index in [4.69, 9.17) is 11.6 Å². The Hall–Kier alpha value is -1.63. The van der Waals surface area contributed by atoms with E-state index in [9.17, 15) is 4.79 Å². The van der Waals surface area contributed by atoms with Gasteiger partial charge in [-0.25, -0.2) is 4.98 Å². The summed E-state index contributed by atoms with van der Waals surface area (Å²) in [5.74, 6) is 0.522. The maximum atomic E-state index is 12.1. The van der Waals surface area contributed by atoms with Crippen molar-refractivity contribution in [3.05, 3.63) is 52.1 Å². The number of amides is 1. The van der Waals surface area contributed by atoms with E-state index >= 15 is 0 Å². The molecule has 1 amide bonds. The van der Waals surface area contributed by atoms with Gasteiger partial charge in [-0.3, -0.25) is 9.69 Å². The molecule has 1 aromatic carbocycles. The van der Waals surface area contributed by atoms with Crippen LogP contribution in [0.3, 0.4) is 0 Å². The van der Waals surface area contributed by atoms with Crippen molar-refractivity contribution >= 4 is 44.9 Å². The number of hydrogen-bond donors (Lipinski definition) is 1. The first kappa shape index (κ1) is 17.2. The molecule has 0 spiro atoms. The third-order valence-electron chi connectivity index (χ3n) is 3.93. The maximum Gasteiger partial charge on any atom is 0.239 e. The number of piperazine rings is 1. The van der Waals surface area contributed by atoms with Gasteiger partial charge in [0.1, 0.15) is 5.82 Å². The normalized spacial score (nSPS) is 15.3. The predicted octanol–water partition coefficient (Wildman–Crippen LogP) is 3.26. The molecule has 2 heterocycles. The summed E-state index contributed by atoms with van der Waals surface area (Å²) in [7, 11) is 0. The topological polar surface area (TPSA) is 48.5 Å². The minimum absolute atomic E-state index is 0.0454. The molecular weight excluding hydrogens is 392 g/mol. The minimum atomic E-state index is -0.0454. The van der Waals surface area contributed by atoms with Crippen LogP contribution in [0, 0.1) is 0 Å². The Balaban J connectivity index is 1.49. The molecule has 0 unspecified atom stereocenters. The summed E-state index contributed by atoms with van der Waals surface area (Å²) < 4.78 is 0.885. The van der Waals surface area contributed by atoms with Crippen LogP contribution in [-0.4, -0.2) is 48.5 Å². The predicted molar refractivity (Wildman–Crippen MR) is 101 cm³/mol. The minimum Gasteiger partial charge on any atom is -0.368 e. The van der Waals surface area contributed by atoms with Crippen molar-refractivity contribution in [3.8, 4) is 0 Å². The summed E-state index contributed by atoms with van der Waals surface area (Å²) in [6.07, 6.45) is 1.66. The van der Waals surface area contributed by atoms with Crippen molar-refractivity contribution in [1.82, 2.24) is 9.88 Å². The van der Waals surface area contributed by atoms with Gasteiger partial charge in [-0.2, -0.15) is 0 Å². The van der Waals surface area contributed by atoms with E-state index in [0.717, 1.165) is 41.4 Å². The Bertz CT molecular complexity index is 702. The zero-order valence-electron chi connectivity index (χ0n) is 13.1. The van der Waals surface area contributed by atoms with Gasteiger partial charge in [0.2, 0.25) is 5.91 Å². The average Bonchev–Trinajstić information content (AvgIpc) is 2.58. The monoisotopic (exact) mass is 408 g/mol. The molecule has 1 fully saturated rings. The van der Waals surface area contributed by atoms with Crippen LogP contribution < -0.4 is 10.2 Å². The molecule has 24 heavy (non-hydrogen) atoms. The van der Waals surface area contributed by atoms with Gasteiger partial charge < -0.3 is 10.2 Å². The molecule has 126 valence electrons. The molecule has 0 bridgehead atoms. The van der Waals surface area contributed by atoms with Crippen LogP contribution in [0.15, 0.2) is 47.1 Å². The van der Waals surface area contributed by atoms with Crippen LogP contribution in [0.25, 0.3) is 0 Å². The molecule has 1 N–H and O–H groups in total. The fraction of sp³-hybridized carbons (Fsp3) is 0.294. The highest BCUT2D eigenvalue weighted by molar-refractivity contribution is 9.10. The molecule has 0 aliphatic carbocycles. The first-order chi connectivity index (χ1) is 11.6. The van der Waals surface area contributed by atoms with E-state index in [-0.39, 0.29) is 5.91 Å². The Morgan fingerprint density at radius 3 is 2.58 bits per heavy atom. The molecule has 0 atom stereocenters. The van der Waals surface area contributed by atoms with E-state index in [2.05, 4.69) is 36.0 Å². The van der Waals surface area contributed by atoms with Gasteiger partial charge in [-0.1, -0.05) is 23.7 Å². The molecule has 1 aliphatic heterocycles. The van der Waals surface area contributed by atoms with Gasteiger partial charge in [0.25, 0.3) is 0 Å². The average molecular weight is 410 g/mol. The SMILES string of the molecule is O=C(CN1CCN(c2ccccc2Cl)CC1)Nc1ccc(Br)cn1. The summed E-state index contributed by atoms with van der Waals surface area (Å²) in [5.41, 5.74) is 1.06. The molecule has 0 radical (unpaired) electrons. The van der Waals surface area contributed by atoms with Crippen LogP contribution in [0.5, 0.6) is 0 Å². The van der Waals surface area contributed by atoms with Crippen LogP contribution in [-0.2, 0) is 4.79 Å². The number of rotatable bonds is 4. The van der Waals surface area contributed by atoms with Crippen LogP contribution in [0.2, 0.25) is 5.02 Å². The Kier molecular flexibility index (Phi) is 5.71. The molecule has 7 heteroatoms. The van der Waals surface area contributed by atoms with Gasteiger partial charge in [-0.05, 0) is 40.2 Å². The molecule has 5 nitrogen and oxygen atoms in total. The highest BCUT2D eigenvalue weighted by Crippen LogP contribution is 2.25. The second-order valence-electron chi connectivity index (χ2n) is 5.62. The van der Waals surface area contributed by atoms with Crippen LogP contribution >= 0.6 is 27.5 Å². The van der Waals surface area contributed by atoms with Crippen molar-refractivity contribution < 1.29 is 4.79 Å². The lowest BCUT2D eigenvalue weighted by Gasteiger charge is -2.36. The van der Waals surface area contributed by atoms with E-state index in [1.54, 1.807) is 12.3 Å². The van der Waals surface area contributed by atoms with E-state index in [1.165, 1.54) is 0 Å². The van der Waals surface area contributed by atoms with E-state index < -0.39 is 0 Å². The number of aromatic nitrogens is 1. The van der Waals surface area contributed by atoms with Crippen LogP contribution in [0.1, 0.15) is 0 Å². The van der Waals surface area contributed by atoms with Crippen LogP contribution in [0.4, 0.5) is 11.5 Å². The lowest BCUT2D eigenvalue weighted by molar-refractivity contribution is -0.117. The Morgan fingerprint density at radius 2 is 1.92 bits per heavy atom. The number of nitrogens with one attached hydrogen (secondary N) is 1. The number of hydrogen-bond acceptors (Lipinski definition) is 4. The molecular formula is C17H18BrClN4O. The Labute approximate surface area is 154 Å². The van der Waals surface area contributed by atoms with Crippen molar-refractivity contribution in [3.63, 3.8) is 0 Å². The van der Waals surface area contributed by atoms with Gasteiger partial charge in [0, 0.05) is 36.8 Å². The largest absolute Gasteiger partial charge is 0.368 e.